The zero-order chi connectivity index (χ0) is 8.27. The van der Waals surface area contributed by atoms with Crippen LogP contribution in [0.5, 0.6) is 0 Å². The number of pyridine rings is 1. The summed E-state index contributed by atoms with van der Waals surface area (Å²) in [6.45, 7) is 0.397. The first-order chi connectivity index (χ1) is 5.25. The van der Waals surface area contributed by atoms with E-state index < -0.39 is 0 Å². The third-order valence-electron chi connectivity index (χ3n) is 1.54. The minimum atomic E-state index is -0.182. The fraction of sp³-hybridized carbons (Fsp3) is 0.286. The molecule has 0 bridgehead atoms. The molecule has 0 spiro atoms. The molecule has 1 rings (SSSR count). The topological polar surface area (TPSA) is 91.0 Å². The number of rotatable bonds is 2. The summed E-state index contributed by atoms with van der Waals surface area (Å²) in [5.74, 6) is 0. The van der Waals surface area contributed by atoms with Crippen LogP contribution < -0.4 is 17.2 Å². The molecule has 1 heterocycles. The number of aromatic nitrogens is 1. The Bertz CT molecular complexity index is 236. The number of hydrogen-bond acceptors (Lipinski definition) is 4. The fourth-order valence-corrected chi connectivity index (χ4v) is 0.882. The van der Waals surface area contributed by atoms with E-state index in [0.29, 0.717) is 12.2 Å². The Morgan fingerprint density at radius 1 is 1.55 bits per heavy atom. The Labute approximate surface area is 65.4 Å². The second-order valence-electron chi connectivity index (χ2n) is 2.35. The lowest BCUT2D eigenvalue weighted by Gasteiger charge is -2.10. The van der Waals surface area contributed by atoms with Gasteiger partial charge in [-0.05, 0) is 11.6 Å². The minimum absolute atomic E-state index is 0.182. The van der Waals surface area contributed by atoms with Crippen molar-refractivity contribution in [3.05, 3.63) is 24.0 Å². The largest absolute Gasteiger partial charge is 0.397 e. The van der Waals surface area contributed by atoms with Gasteiger partial charge in [-0.3, -0.25) is 4.98 Å². The third kappa shape index (κ3) is 1.66. The summed E-state index contributed by atoms with van der Waals surface area (Å²) in [5.41, 5.74) is 18.1. The van der Waals surface area contributed by atoms with E-state index in [1.165, 1.54) is 0 Å². The molecule has 0 radical (unpaired) electrons. The normalized spacial score (nSPS) is 12.9. The van der Waals surface area contributed by atoms with E-state index in [1.54, 1.807) is 18.5 Å². The molecule has 0 aromatic carbocycles. The zero-order valence-electron chi connectivity index (χ0n) is 6.20. The van der Waals surface area contributed by atoms with Gasteiger partial charge < -0.3 is 17.2 Å². The van der Waals surface area contributed by atoms with E-state index in [4.69, 9.17) is 17.2 Å². The van der Waals surface area contributed by atoms with Crippen LogP contribution in [0.1, 0.15) is 11.6 Å². The molecule has 0 aliphatic heterocycles. The van der Waals surface area contributed by atoms with Crippen LogP contribution in [0.3, 0.4) is 0 Å². The van der Waals surface area contributed by atoms with Crippen LogP contribution in [-0.2, 0) is 0 Å². The highest BCUT2D eigenvalue weighted by Crippen LogP contribution is 2.14. The van der Waals surface area contributed by atoms with Crippen LogP contribution in [-0.4, -0.2) is 11.5 Å². The number of anilines is 1. The van der Waals surface area contributed by atoms with Gasteiger partial charge in [0.2, 0.25) is 0 Å². The first-order valence-electron chi connectivity index (χ1n) is 3.40. The van der Waals surface area contributed by atoms with E-state index >= 15 is 0 Å². The molecule has 1 aromatic heterocycles. The average Bonchev–Trinajstić information content (AvgIpc) is 2.04. The van der Waals surface area contributed by atoms with Gasteiger partial charge in [0, 0.05) is 18.8 Å². The summed E-state index contributed by atoms with van der Waals surface area (Å²) in [6.07, 6.45) is 3.23. The summed E-state index contributed by atoms with van der Waals surface area (Å²) >= 11 is 0. The molecule has 0 aliphatic carbocycles. The minimum Gasteiger partial charge on any atom is -0.397 e. The van der Waals surface area contributed by atoms with Gasteiger partial charge in [0.1, 0.15) is 0 Å². The molecule has 0 saturated heterocycles. The van der Waals surface area contributed by atoms with Gasteiger partial charge in [-0.1, -0.05) is 0 Å². The number of hydrogen-bond donors (Lipinski definition) is 3. The Morgan fingerprint density at radius 3 is 2.82 bits per heavy atom. The zero-order valence-corrected chi connectivity index (χ0v) is 6.20. The Kier molecular flexibility index (Phi) is 2.40. The molecule has 0 fully saturated rings. The van der Waals surface area contributed by atoms with Crippen molar-refractivity contribution in [2.75, 3.05) is 12.3 Å². The predicted molar refractivity (Wildman–Crippen MR) is 44.6 cm³/mol. The van der Waals surface area contributed by atoms with Gasteiger partial charge in [0.25, 0.3) is 0 Å². The number of nitrogens with two attached hydrogens (primary N) is 3. The molecule has 11 heavy (non-hydrogen) atoms. The first kappa shape index (κ1) is 7.97. The van der Waals surface area contributed by atoms with E-state index in [9.17, 15) is 0 Å². The second kappa shape index (κ2) is 3.32. The molecule has 4 heteroatoms. The van der Waals surface area contributed by atoms with Crippen molar-refractivity contribution in [2.45, 2.75) is 6.04 Å². The van der Waals surface area contributed by atoms with Gasteiger partial charge in [-0.2, -0.15) is 0 Å². The quantitative estimate of drug-likeness (QED) is 0.539. The van der Waals surface area contributed by atoms with Gasteiger partial charge in [-0.15, -0.1) is 0 Å². The van der Waals surface area contributed by atoms with E-state index in [-0.39, 0.29) is 6.04 Å². The molecule has 0 saturated carbocycles. The predicted octanol–water partition coefficient (Wildman–Crippen LogP) is -0.378. The highest BCUT2D eigenvalue weighted by Gasteiger charge is 2.05. The number of nitrogens with zero attached hydrogens (tertiary/aromatic N) is 1. The van der Waals surface area contributed by atoms with Crippen molar-refractivity contribution in [1.29, 1.82) is 0 Å². The molecule has 0 aliphatic rings. The summed E-state index contributed by atoms with van der Waals surface area (Å²) in [6, 6.07) is 1.60. The van der Waals surface area contributed by atoms with Crippen LogP contribution in [0.4, 0.5) is 5.69 Å². The SMILES string of the molecule is NC[C@@H](N)c1ccncc1N. The van der Waals surface area contributed by atoms with Crippen LogP contribution in [0.2, 0.25) is 0 Å². The lowest BCUT2D eigenvalue weighted by atomic mass is 10.1. The number of nitrogen functional groups attached to an aromatic ring is 1. The molecule has 6 N–H and O–H groups in total. The van der Waals surface area contributed by atoms with Crippen LogP contribution >= 0.6 is 0 Å². The molecule has 4 nitrogen and oxygen atoms in total. The Balaban J connectivity index is 2.93. The van der Waals surface area contributed by atoms with Gasteiger partial charge in [0.05, 0.1) is 11.9 Å². The monoisotopic (exact) mass is 152 g/mol. The highest BCUT2D eigenvalue weighted by molar-refractivity contribution is 5.45. The summed E-state index contributed by atoms with van der Waals surface area (Å²) < 4.78 is 0. The average molecular weight is 152 g/mol. The van der Waals surface area contributed by atoms with Crippen molar-refractivity contribution in [3.8, 4) is 0 Å². The summed E-state index contributed by atoms with van der Waals surface area (Å²) in [5, 5.41) is 0. The second-order valence-corrected chi connectivity index (χ2v) is 2.35. The summed E-state index contributed by atoms with van der Waals surface area (Å²) in [4.78, 5) is 3.84. The van der Waals surface area contributed by atoms with Gasteiger partial charge in [0.15, 0.2) is 0 Å². The third-order valence-corrected chi connectivity index (χ3v) is 1.54. The maximum atomic E-state index is 5.66. The Morgan fingerprint density at radius 2 is 2.27 bits per heavy atom. The molecule has 60 valence electrons. The van der Waals surface area contributed by atoms with Crippen molar-refractivity contribution in [2.24, 2.45) is 11.5 Å². The standard InChI is InChI=1S/C7H12N4/c8-3-6(9)5-1-2-11-4-7(5)10/h1-2,4,6H,3,8-10H2/t6-/m1/s1. The first-order valence-corrected chi connectivity index (χ1v) is 3.40. The van der Waals surface area contributed by atoms with Crippen molar-refractivity contribution in [1.82, 2.24) is 4.98 Å². The maximum Gasteiger partial charge on any atom is 0.0549 e. The molecule has 1 aromatic rings. The molecular formula is C7H12N4. The van der Waals surface area contributed by atoms with E-state index in [0.717, 1.165) is 5.56 Å². The molecular weight excluding hydrogens is 140 g/mol. The van der Waals surface area contributed by atoms with Gasteiger partial charge >= 0.3 is 0 Å². The van der Waals surface area contributed by atoms with E-state index in [1.807, 2.05) is 0 Å². The van der Waals surface area contributed by atoms with Crippen LogP contribution in [0, 0.1) is 0 Å². The fourth-order valence-electron chi connectivity index (χ4n) is 0.882. The van der Waals surface area contributed by atoms with Crippen molar-refractivity contribution >= 4 is 5.69 Å². The smallest absolute Gasteiger partial charge is 0.0549 e. The highest BCUT2D eigenvalue weighted by atomic mass is 14.8. The van der Waals surface area contributed by atoms with Crippen molar-refractivity contribution < 1.29 is 0 Å². The lowest BCUT2D eigenvalue weighted by molar-refractivity contribution is 0.738. The Hall–Kier alpha value is -1.13. The van der Waals surface area contributed by atoms with E-state index in [2.05, 4.69) is 4.98 Å². The van der Waals surface area contributed by atoms with Crippen LogP contribution in [0.15, 0.2) is 18.5 Å². The van der Waals surface area contributed by atoms with Crippen LogP contribution in [0.25, 0.3) is 0 Å². The summed E-state index contributed by atoms with van der Waals surface area (Å²) in [7, 11) is 0. The lowest BCUT2D eigenvalue weighted by Crippen LogP contribution is -2.21. The molecule has 0 amide bonds. The molecule has 0 unspecified atom stereocenters. The molecule has 1 atom stereocenters. The van der Waals surface area contributed by atoms with Gasteiger partial charge in [-0.25, -0.2) is 0 Å². The maximum absolute atomic E-state index is 5.66. The van der Waals surface area contributed by atoms with Crippen molar-refractivity contribution in [3.63, 3.8) is 0 Å².